The molecule has 0 atom stereocenters. The minimum absolute atomic E-state index is 0.822. The quantitative estimate of drug-likeness (QED) is 0.266. The Bertz CT molecular complexity index is 1140. The number of nitrogens with zero attached hydrogens (tertiary/aromatic N) is 10. The molecule has 11 heteroatoms. The van der Waals surface area contributed by atoms with Crippen molar-refractivity contribution < 1.29 is 0 Å². The maximum atomic E-state index is 3.98. The highest BCUT2D eigenvalue weighted by molar-refractivity contribution is 5.01. The van der Waals surface area contributed by atoms with Crippen LogP contribution in [0.1, 0.15) is 33.9 Å². The minimum atomic E-state index is 0.822. The summed E-state index contributed by atoms with van der Waals surface area (Å²) in [6, 6.07) is 11.4. The molecule has 1 N–H and O–H groups in total. The van der Waals surface area contributed by atoms with Gasteiger partial charge in [0.05, 0.1) is 12.4 Å². The van der Waals surface area contributed by atoms with E-state index < -0.39 is 0 Å². The van der Waals surface area contributed by atoms with Gasteiger partial charge in [-0.25, -0.2) is 29.9 Å². The highest BCUT2D eigenvalue weighted by atomic mass is 15.1. The van der Waals surface area contributed by atoms with Crippen molar-refractivity contribution in [3.05, 3.63) is 145 Å². The fraction of sp³-hybridized carbons (Fsp3) is 0.200. The third kappa shape index (κ3) is 21.3. The largest absolute Gasteiger partial charge is 0.285 e. The Hall–Kier alpha value is -5.32. The summed E-state index contributed by atoms with van der Waals surface area (Å²) in [5, 5.41) is 13.6. The van der Waals surface area contributed by atoms with Crippen molar-refractivity contribution in [2.24, 2.45) is 0 Å². The number of rotatable bonds is 0. The zero-order valence-electron chi connectivity index (χ0n) is 24.4. The average Bonchev–Trinajstić information content (AvgIpc) is 3.48. The van der Waals surface area contributed by atoms with Crippen molar-refractivity contribution >= 4 is 0 Å². The van der Waals surface area contributed by atoms with Gasteiger partial charge in [0.15, 0.2) is 0 Å². The Morgan fingerprint density at radius 1 is 0.488 bits per heavy atom. The van der Waals surface area contributed by atoms with Gasteiger partial charge in [-0.2, -0.15) is 15.3 Å². The van der Waals surface area contributed by atoms with Gasteiger partial charge in [0.2, 0.25) is 0 Å². The van der Waals surface area contributed by atoms with Crippen molar-refractivity contribution in [2.45, 2.75) is 41.5 Å². The Labute approximate surface area is 241 Å². The van der Waals surface area contributed by atoms with E-state index in [0.717, 1.165) is 28.3 Å². The van der Waals surface area contributed by atoms with Gasteiger partial charge in [-0.15, -0.1) is 0 Å². The molecular weight excluding hydrogens is 514 g/mol. The number of hydrogen-bond acceptors (Lipinski definition) is 10. The van der Waals surface area contributed by atoms with E-state index in [1.54, 1.807) is 61.8 Å². The number of aryl methyl sites for hydroxylation is 6. The van der Waals surface area contributed by atoms with Crippen LogP contribution in [0.15, 0.2) is 111 Å². The normalized spacial score (nSPS) is 8.73. The van der Waals surface area contributed by atoms with Gasteiger partial charge in [-0.1, -0.05) is 6.07 Å². The number of aromatic amines is 1. The van der Waals surface area contributed by atoms with Gasteiger partial charge in [0, 0.05) is 61.0 Å². The molecule has 0 saturated heterocycles. The van der Waals surface area contributed by atoms with Crippen LogP contribution >= 0.6 is 0 Å². The molecule has 212 valence electrons. The fourth-order valence-corrected chi connectivity index (χ4v) is 2.22. The van der Waals surface area contributed by atoms with E-state index in [0.29, 0.717) is 0 Å². The molecule has 0 aliphatic rings. The molecule has 0 saturated carbocycles. The first-order chi connectivity index (χ1) is 19.9. The lowest BCUT2D eigenvalue weighted by atomic mass is 10.4. The standard InChI is InChI=1S/C6H7N.4C5H6N2.C4H6N2/c1-6-4-2-3-5-7-6;1-5-2-6-4-7-3-5;1-5-2-3-6-4-7-5;1-5-2-3-6-7-4-5;1-5-6-3-2-4-7-5;1-4-2-5-6-3-4/h2-5H,1H3;4*2-4H,1H3;2-3H,1H3,(H,5,6). The molecule has 6 heterocycles. The lowest BCUT2D eigenvalue weighted by molar-refractivity contribution is 1.01. The molecule has 0 radical (unpaired) electrons. The highest BCUT2D eigenvalue weighted by Gasteiger charge is 1.77. The first-order valence-corrected chi connectivity index (χ1v) is 12.6. The van der Waals surface area contributed by atoms with E-state index in [1.807, 2.05) is 78.1 Å². The van der Waals surface area contributed by atoms with Crippen molar-refractivity contribution in [3.8, 4) is 0 Å². The molecule has 6 rings (SSSR count). The molecule has 0 aliphatic carbocycles. The summed E-state index contributed by atoms with van der Waals surface area (Å²) >= 11 is 0. The molecule has 6 aromatic rings. The molecule has 0 aliphatic heterocycles. The zero-order valence-corrected chi connectivity index (χ0v) is 24.4. The van der Waals surface area contributed by atoms with Crippen molar-refractivity contribution in [3.63, 3.8) is 0 Å². The van der Waals surface area contributed by atoms with E-state index in [9.17, 15) is 0 Å². The third-order valence-electron chi connectivity index (χ3n) is 4.29. The number of H-pyrrole nitrogens is 1. The summed E-state index contributed by atoms with van der Waals surface area (Å²) < 4.78 is 0. The summed E-state index contributed by atoms with van der Waals surface area (Å²) in [7, 11) is 0. The van der Waals surface area contributed by atoms with Crippen LogP contribution in [0.2, 0.25) is 0 Å². The van der Waals surface area contributed by atoms with E-state index in [2.05, 4.69) is 55.3 Å². The Balaban J connectivity index is 0.000000246. The molecule has 0 aromatic carbocycles. The third-order valence-corrected chi connectivity index (χ3v) is 4.29. The van der Waals surface area contributed by atoms with Gasteiger partial charge in [-0.3, -0.25) is 10.1 Å². The van der Waals surface area contributed by atoms with Gasteiger partial charge < -0.3 is 0 Å². The second-order valence-electron chi connectivity index (χ2n) is 8.23. The monoisotopic (exact) mass is 551 g/mol. The van der Waals surface area contributed by atoms with Gasteiger partial charge >= 0.3 is 0 Å². The molecule has 11 nitrogen and oxygen atoms in total. The predicted molar refractivity (Wildman–Crippen MR) is 159 cm³/mol. The Morgan fingerprint density at radius 3 is 1.46 bits per heavy atom. The maximum Gasteiger partial charge on any atom is 0.125 e. The molecule has 0 unspecified atom stereocenters. The van der Waals surface area contributed by atoms with Crippen LogP contribution in [0.4, 0.5) is 0 Å². The van der Waals surface area contributed by atoms with E-state index in [4.69, 9.17) is 0 Å². The number of pyridine rings is 1. The summed E-state index contributed by atoms with van der Waals surface area (Å²) in [6.07, 6.45) is 20.6. The first kappa shape index (κ1) is 33.7. The minimum Gasteiger partial charge on any atom is -0.285 e. The molecule has 0 amide bonds. The van der Waals surface area contributed by atoms with Crippen LogP contribution in [0.25, 0.3) is 0 Å². The number of aromatic nitrogens is 11. The number of hydrogen-bond donors (Lipinski definition) is 1. The summed E-state index contributed by atoms with van der Waals surface area (Å²) in [6.45, 7) is 11.7. The summed E-state index contributed by atoms with van der Waals surface area (Å²) in [4.78, 5) is 26.9. The molecule has 0 spiro atoms. The van der Waals surface area contributed by atoms with Gasteiger partial charge in [0.1, 0.15) is 18.5 Å². The van der Waals surface area contributed by atoms with Crippen LogP contribution in [0.5, 0.6) is 0 Å². The first-order valence-electron chi connectivity index (χ1n) is 12.6. The second-order valence-corrected chi connectivity index (χ2v) is 8.23. The van der Waals surface area contributed by atoms with Crippen LogP contribution in [-0.2, 0) is 0 Å². The Morgan fingerprint density at radius 2 is 1.20 bits per heavy atom. The van der Waals surface area contributed by atoms with Crippen molar-refractivity contribution in [2.75, 3.05) is 0 Å². The van der Waals surface area contributed by atoms with Crippen LogP contribution in [0.3, 0.4) is 0 Å². The van der Waals surface area contributed by atoms with E-state index >= 15 is 0 Å². The number of nitrogens with one attached hydrogen (secondary N) is 1. The van der Waals surface area contributed by atoms with Gasteiger partial charge in [-0.05, 0) is 88.6 Å². The lowest BCUT2D eigenvalue weighted by Crippen LogP contribution is -1.80. The van der Waals surface area contributed by atoms with Crippen molar-refractivity contribution in [1.29, 1.82) is 0 Å². The molecular formula is C30H37N11. The van der Waals surface area contributed by atoms with Crippen LogP contribution < -0.4 is 0 Å². The Kier molecular flexibility index (Phi) is 18.6. The van der Waals surface area contributed by atoms with Crippen LogP contribution in [-0.4, -0.2) is 55.3 Å². The molecule has 6 aromatic heterocycles. The molecule has 0 bridgehead atoms. The van der Waals surface area contributed by atoms with Gasteiger partial charge in [0.25, 0.3) is 0 Å². The van der Waals surface area contributed by atoms with Crippen molar-refractivity contribution in [1.82, 2.24) is 55.3 Å². The lowest BCUT2D eigenvalue weighted by Gasteiger charge is -1.82. The SMILES string of the molecule is Cc1ccccn1.Cc1ccncn1.Cc1ccnnc1.Cc1cn[nH]c1.Cc1cncnc1.Cc1ncccn1. The average molecular weight is 552 g/mol. The zero-order chi connectivity index (χ0) is 30.0. The summed E-state index contributed by atoms with van der Waals surface area (Å²) in [5.41, 5.74) is 5.50. The maximum absolute atomic E-state index is 3.98. The molecule has 0 fully saturated rings. The predicted octanol–water partition coefficient (Wildman–Crippen LogP) is 5.25. The highest BCUT2D eigenvalue weighted by Crippen LogP contribution is 1.87. The van der Waals surface area contributed by atoms with E-state index in [1.165, 1.54) is 18.2 Å². The topological polar surface area (TPSA) is 145 Å². The molecule has 41 heavy (non-hydrogen) atoms. The van der Waals surface area contributed by atoms with Crippen LogP contribution in [0, 0.1) is 41.5 Å². The van der Waals surface area contributed by atoms with E-state index in [-0.39, 0.29) is 0 Å². The summed E-state index contributed by atoms with van der Waals surface area (Å²) in [5.74, 6) is 0.822. The smallest absolute Gasteiger partial charge is 0.125 e. The second kappa shape index (κ2) is 22.6. The fourth-order valence-electron chi connectivity index (χ4n) is 2.22.